The van der Waals surface area contributed by atoms with Gasteiger partial charge in [-0.25, -0.2) is 0 Å². The van der Waals surface area contributed by atoms with Crippen molar-refractivity contribution in [2.24, 2.45) is 0 Å². The van der Waals surface area contributed by atoms with E-state index in [1.807, 2.05) is 68.4 Å². The van der Waals surface area contributed by atoms with Crippen LogP contribution in [0.15, 0.2) is 59.5 Å². The molecule has 0 aliphatic heterocycles. The highest BCUT2D eigenvalue weighted by Crippen LogP contribution is 2.22. The number of rotatable bonds is 4. The van der Waals surface area contributed by atoms with Crippen molar-refractivity contribution >= 4 is 17.6 Å². The van der Waals surface area contributed by atoms with Crippen LogP contribution in [0.25, 0.3) is 0 Å². The normalized spacial score (nSPS) is 9.06. The van der Waals surface area contributed by atoms with Gasteiger partial charge in [-0.3, -0.25) is 0 Å². The summed E-state index contributed by atoms with van der Waals surface area (Å²) in [5.41, 5.74) is 1.10. The Morgan fingerprint density at radius 2 is 1.50 bits per heavy atom. The fourth-order valence-electron chi connectivity index (χ4n) is 1.27. The molecule has 0 aliphatic carbocycles. The lowest BCUT2D eigenvalue weighted by Gasteiger charge is -2.05. The molecular weight excluding hydrogens is 242 g/mol. The van der Waals surface area contributed by atoms with Gasteiger partial charge < -0.3 is 9.46 Å². The van der Waals surface area contributed by atoms with E-state index in [1.165, 1.54) is 0 Å². The van der Waals surface area contributed by atoms with E-state index in [9.17, 15) is 0 Å². The number of anilines is 1. The average molecular weight is 261 g/mol. The first kappa shape index (κ1) is 14.5. The third kappa shape index (κ3) is 4.72. The van der Waals surface area contributed by atoms with Crippen molar-refractivity contribution in [2.45, 2.75) is 18.7 Å². The standard InChI is InChI=1S/C13H13NOS.C2H6/c1-15-12-7-9-13(10-8-12)16-14-11-5-3-2-4-6-11;1-2/h2-10,14H,1H3;1-2H3. The van der Waals surface area contributed by atoms with E-state index in [-0.39, 0.29) is 0 Å². The Balaban J connectivity index is 0.000000771. The molecule has 0 bridgehead atoms. The Hall–Kier alpha value is -1.61. The predicted molar refractivity (Wildman–Crippen MR) is 80.3 cm³/mol. The van der Waals surface area contributed by atoms with Crippen molar-refractivity contribution in [2.75, 3.05) is 11.8 Å². The molecule has 0 saturated carbocycles. The van der Waals surface area contributed by atoms with Crippen LogP contribution in [0.4, 0.5) is 5.69 Å². The molecule has 0 amide bonds. The lowest BCUT2D eigenvalue weighted by Crippen LogP contribution is -1.86. The lowest BCUT2D eigenvalue weighted by atomic mass is 10.3. The molecule has 96 valence electrons. The Kier molecular flexibility index (Phi) is 6.81. The van der Waals surface area contributed by atoms with Crippen LogP contribution in [0.2, 0.25) is 0 Å². The molecule has 18 heavy (non-hydrogen) atoms. The second-order valence-corrected chi connectivity index (χ2v) is 4.13. The third-order valence-electron chi connectivity index (χ3n) is 2.12. The number of benzene rings is 2. The Morgan fingerprint density at radius 1 is 0.889 bits per heavy atom. The summed E-state index contributed by atoms with van der Waals surface area (Å²) < 4.78 is 8.38. The van der Waals surface area contributed by atoms with E-state index in [0.717, 1.165) is 16.3 Å². The van der Waals surface area contributed by atoms with E-state index in [1.54, 1.807) is 19.1 Å². The molecule has 3 heteroatoms. The zero-order valence-electron chi connectivity index (χ0n) is 11.0. The molecule has 2 aromatic carbocycles. The van der Waals surface area contributed by atoms with Crippen molar-refractivity contribution < 1.29 is 4.74 Å². The summed E-state index contributed by atoms with van der Waals surface area (Å²) in [5.74, 6) is 0.879. The van der Waals surface area contributed by atoms with Crippen LogP contribution in [-0.4, -0.2) is 7.11 Å². The van der Waals surface area contributed by atoms with E-state index in [4.69, 9.17) is 4.74 Å². The van der Waals surface area contributed by atoms with Gasteiger partial charge in [0.15, 0.2) is 0 Å². The van der Waals surface area contributed by atoms with Crippen molar-refractivity contribution in [3.63, 3.8) is 0 Å². The largest absolute Gasteiger partial charge is 0.497 e. The number of methoxy groups -OCH3 is 1. The quantitative estimate of drug-likeness (QED) is 0.796. The first-order valence-electron chi connectivity index (χ1n) is 6.00. The van der Waals surface area contributed by atoms with Gasteiger partial charge in [0, 0.05) is 10.6 Å². The van der Waals surface area contributed by atoms with E-state index in [0.29, 0.717) is 0 Å². The average Bonchev–Trinajstić information content (AvgIpc) is 2.49. The minimum absolute atomic E-state index is 0.879. The number of ether oxygens (including phenoxy) is 1. The summed E-state index contributed by atoms with van der Waals surface area (Å²) in [6, 6.07) is 18.1. The summed E-state index contributed by atoms with van der Waals surface area (Å²) in [6.07, 6.45) is 0. The van der Waals surface area contributed by atoms with Crippen molar-refractivity contribution in [1.82, 2.24) is 0 Å². The van der Waals surface area contributed by atoms with Crippen molar-refractivity contribution in [1.29, 1.82) is 0 Å². The summed E-state index contributed by atoms with van der Waals surface area (Å²) in [6.45, 7) is 4.00. The van der Waals surface area contributed by atoms with Crippen LogP contribution in [0.3, 0.4) is 0 Å². The van der Waals surface area contributed by atoms with E-state index in [2.05, 4.69) is 4.72 Å². The predicted octanol–water partition coefficient (Wildman–Crippen LogP) is 4.84. The molecule has 0 saturated heterocycles. The molecule has 0 aliphatic rings. The highest BCUT2D eigenvalue weighted by Gasteiger charge is 1.95. The van der Waals surface area contributed by atoms with Crippen LogP contribution in [-0.2, 0) is 0 Å². The molecule has 0 heterocycles. The van der Waals surface area contributed by atoms with E-state index < -0.39 is 0 Å². The van der Waals surface area contributed by atoms with Gasteiger partial charge in [0.1, 0.15) is 5.75 Å². The Bertz CT molecular complexity index is 428. The molecule has 2 nitrogen and oxygen atoms in total. The minimum atomic E-state index is 0.879. The number of nitrogens with one attached hydrogen (secondary N) is 1. The maximum atomic E-state index is 5.10. The highest BCUT2D eigenvalue weighted by molar-refractivity contribution is 8.00. The van der Waals surface area contributed by atoms with Gasteiger partial charge in [0.25, 0.3) is 0 Å². The molecular formula is C15H19NOS. The first-order valence-corrected chi connectivity index (χ1v) is 6.82. The fraction of sp³-hybridized carbons (Fsp3) is 0.200. The monoisotopic (exact) mass is 261 g/mol. The van der Waals surface area contributed by atoms with Gasteiger partial charge in [0.2, 0.25) is 0 Å². The molecule has 0 radical (unpaired) electrons. The maximum Gasteiger partial charge on any atom is 0.118 e. The van der Waals surface area contributed by atoms with Gasteiger partial charge in [-0.05, 0) is 48.3 Å². The van der Waals surface area contributed by atoms with Crippen LogP contribution in [0.5, 0.6) is 5.75 Å². The molecule has 1 N–H and O–H groups in total. The topological polar surface area (TPSA) is 21.3 Å². The third-order valence-corrected chi connectivity index (χ3v) is 2.97. The van der Waals surface area contributed by atoms with Crippen LogP contribution in [0, 0.1) is 0 Å². The molecule has 2 aromatic rings. The van der Waals surface area contributed by atoms with E-state index >= 15 is 0 Å². The number of hydrogen-bond acceptors (Lipinski definition) is 3. The zero-order chi connectivity index (χ0) is 13.2. The second kappa shape index (κ2) is 8.48. The Morgan fingerprint density at radius 3 is 2.06 bits per heavy atom. The molecule has 0 aromatic heterocycles. The molecule has 0 atom stereocenters. The van der Waals surface area contributed by atoms with Crippen molar-refractivity contribution in [3.05, 3.63) is 54.6 Å². The molecule has 2 rings (SSSR count). The number of hydrogen-bond donors (Lipinski definition) is 1. The van der Waals surface area contributed by atoms with Gasteiger partial charge >= 0.3 is 0 Å². The van der Waals surface area contributed by atoms with Crippen LogP contribution < -0.4 is 9.46 Å². The van der Waals surface area contributed by atoms with Crippen LogP contribution in [0.1, 0.15) is 13.8 Å². The smallest absolute Gasteiger partial charge is 0.118 e. The molecule has 0 spiro atoms. The van der Waals surface area contributed by atoms with Crippen molar-refractivity contribution in [3.8, 4) is 5.75 Å². The fourth-order valence-corrected chi connectivity index (χ4v) is 1.91. The van der Waals surface area contributed by atoms with Crippen LogP contribution >= 0.6 is 11.9 Å². The van der Waals surface area contributed by atoms with Gasteiger partial charge in [-0.2, -0.15) is 0 Å². The second-order valence-electron chi connectivity index (χ2n) is 3.25. The summed E-state index contributed by atoms with van der Waals surface area (Å²) in [5, 5.41) is 0. The highest BCUT2D eigenvalue weighted by atomic mass is 32.2. The molecule has 0 unspecified atom stereocenters. The summed E-state index contributed by atoms with van der Waals surface area (Å²) in [4.78, 5) is 1.16. The molecule has 0 fully saturated rings. The summed E-state index contributed by atoms with van der Waals surface area (Å²) >= 11 is 1.59. The lowest BCUT2D eigenvalue weighted by molar-refractivity contribution is 0.414. The SMILES string of the molecule is CC.COc1ccc(SNc2ccccc2)cc1. The zero-order valence-corrected chi connectivity index (χ0v) is 11.8. The number of para-hydroxylation sites is 1. The minimum Gasteiger partial charge on any atom is -0.497 e. The first-order chi connectivity index (χ1) is 8.88. The maximum absolute atomic E-state index is 5.10. The van der Waals surface area contributed by atoms with Gasteiger partial charge in [-0.1, -0.05) is 32.0 Å². The van der Waals surface area contributed by atoms with Gasteiger partial charge in [-0.15, -0.1) is 0 Å². The Labute approximate surface area is 114 Å². The summed E-state index contributed by atoms with van der Waals surface area (Å²) in [7, 11) is 1.67. The van der Waals surface area contributed by atoms with Gasteiger partial charge in [0.05, 0.1) is 7.11 Å².